The highest BCUT2D eigenvalue weighted by atomic mass is 127. The molecule has 0 saturated carbocycles. The van der Waals surface area contributed by atoms with E-state index in [4.69, 9.17) is 0 Å². The fourth-order valence-corrected chi connectivity index (χ4v) is 4.01. The molecule has 3 rings (SSSR count). The van der Waals surface area contributed by atoms with E-state index in [1.807, 2.05) is 24.3 Å². The van der Waals surface area contributed by atoms with E-state index < -0.39 is 11.9 Å². The molecule has 3 aromatic rings. The van der Waals surface area contributed by atoms with Crippen molar-refractivity contribution < 1.29 is 19.5 Å². The number of benzene rings is 3. The summed E-state index contributed by atoms with van der Waals surface area (Å²) in [6, 6.07) is 21.0. The molecule has 152 valence electrons. The van der Waals surface area contributed by atoms with Gasteiger partial charge in [0.25, 0.3) is 0 Å². The number of hydrogen-bond acceptors (Lipinski definition) is 3. The molecule has 0 heterocycles. The molecule has 0 atom stereocenters. The van der Waals surface area contributed by atoms with Crippen molar-refractivity contribution in [2.45, 2.75) is 18.8 Å². The summed E-state index contributed by atoms with van der Waals surface area (Å²) in [4.78, 5) is 37.6. The Balaban J connectivity index is 1.93. The molecule has 1 N–H and O–H groups in total. The molecule has 0 bridgehead atoms. The first-order chi connectivity index (χ1) is 14.3. The van der Waals surface area contributed by atoms with E-state index in [0.717, 1.165) is 7.14 Å². The molecule has 0 aromatic heterocycles. The van der Waals surface area contributed by atoms with E-state index in [0.29, 0.717) is 16.7 Å². The lowest BCUT2D eigenvalue weighted by molar-refractivity contribution is 0.0692. The fraction of sp³-hybridized carbons (Fsp3) is 0.125. The number of hydrogen-bond donors (Lipinski definition) is 1. The van der Waals surface area contributed by atoms with Gasteiger partial charge in [-0.15, -0.1) is 0 Å². The molecule has 0 unspecified atom stereocenters. The van der Waals surface area contributed by atoms with Gasteiger partial charge >= 0.3 is 5.97 Å². The van der Waals surface area contributed by atoms with Crippen molar-refractivity contribution in [2.75, 3.05) is 0 Å². The van der Waals surface area contributed by atoms with Crippen LogP contribution in [0.15, 0.2) is 72.8 Å². The molecular weight excluding hydrogens is 606 g/mol. The van der Waals surface area contributed by atoms with Crippen molar-refractivity contribution in [3.05, 3.63) is 102 Å². The summed E-state index contributed by atoms with van der Waals surface area (Å²) in [6.07, 6.45) is 0.113. The van der Waals surface area contributed by atoms with Gasteiger partial charge in [0.15, 0.2) is 11.6 Å². The Hall–Kier alpha value is -2.07. The Kier molecular flexibility index (Phi) is 7.76. The minimum Gasteiger partial charge on any atom is -0.478 e. The molecule has 0 amide bonds. The van der Waals surface area contributed by atoms with E-state index in [9.17, 15) is 19.5 Å². The number of ketones is 2. The highest BCUT2D eigenvalue weighted by Crippen LogP contribution is 2.30. The summed E-state index contributed by atoms with van der Waals surface area (Å²) in [5.41, 5.74) is 1.72. The van der Waals surface area contributed by atoms with Crippen LogP contribution >= 0.6 is 45.2 Å². The van der Waals surface area contributed by atoms with Crippen LogP contribution in [0.1, 0.15) is 55.4 Å². The molecule has 0 aliphatic heterocycles. The number of carbonyl (C=O) groups is 3. The van der Waals surface area contributed by atoms with Crippen molar-refractivity contribution >= 4 is 62.7 Å². The Labute approximate surface area is 202 Å². The number of carboxylic acids is 1. The SMILES string of the molecule is O=C(CC(CC(=O)c1ccc(I)cc1)c1ccccc1C(=O)O)c1ccc(I)cc1. The average molecular weight is 624 g/mol. The Morgan fingerprint density at radius 1 is 0.700 bits per heavy atom. The van der Waals surface area contributed by atoms with Gasteiger partial charge in [-0.3, -0.25) is 9.59 Å². The maximum Gasteiger partial charge on any atom is 0.335 e. The number of carbonyl (C=O) groups excluding carboxylic acids is 2. The van der Waals surface area contributed by atoms with Crippen LogP contribution in [0.3, 0.4) is 0 Å². The monoisotopic (exact) mass is 624 g/mol. The van der Waals surface area contributed by atoms with Crippen molar-refractivity contribution in [1.29, 1.82) is 0 Å². The summed E-state index contributed by atoms with van der Waals surface area (Å²) in [5.74, 6) is -1.84. The number of carboxylic acid groups (broad SMARTS) is 1. The van der Waals surface area contributed by atoms with Crippen LogP contribution < -0.4 is 0 Å². The molecular formula is C24H18I2O4. The smallest absolute Gasteiger partial charge is 0.335 e. The van der Waals surface area contributed by atoms with Gasteiger partial charge in [-0.2, -0.15) is 0 Å². The van der Waals surface area contributed by atoms with E-state index in [-0.39, 0.29) is 30.0 Å². The Morgan fingerprint density at radius 2 is 1.13 bits per heavy atom. The van der Waals surface area contributed by atoms with Gasteiger partial charge < -0.3 is 5.11 Å². The zero-order chi connectivity index (χ0) is 21.7. The van der Waals surface area contributed by atoms with Crippen LogP contribution in [0.25, 0.3) is 0 Å². The lowest BCUT2D eigenvalue weighted by Gasteiger charge is -2.18. The van der Waals surface area contributed by atoms with Crippen LogP contribution in [0.4, 0.5) is 0 Å². The molecule has 3 aromatic carbocycles. The summed E-state index contributed by atoms with van der Waals surface area (Å²) >= 11 is 4.34. The van der Waals surface area contributed by atoms with Gasteiger partial charge in [-0.1, -0.05) is 42.5 Å². The quantitative estimate of drug-likeness (QED) is 0.239. The first kappa shape index (κ1) is 22.6. The molecule has 4 nitrogen and oxygen atoms in total. The van der Waals surface area contributed by atoms with Crippen LogP contribution in [0.5, 0.6) is 0 Å². The maximum absolute atomic E-state index is 12.9. The van der Waals surface area contributed by atoms with Crippen LogP contribution in [0.2, 0.25) is 0 Å². The van der Waals surface area contributed by atoms with Crippen molar-refractivity contribution in [2.24, 2.45) is 0 Å². The second kappa shape index (κ2) is 10.3. The zero-order valence-electron chi connectivity index (χ0n) is 15.8. The van der Waals surface area contributed by atoms with Gasteiger partial charge in [-0.25, -0.2) is 4.79 Å². The lowest BCUT2D eigenvalue weighted by Crippen LogP contribution is -2.16. The van der Waals surface area contributed by atoms with Gasteiger partial charge in [0, 0.05) is 31.1 Å². The Bertz CT molecular complexity index is 1010. The topological polar surface area (TPSA) is 71.4 Å². The summed E-state index contributed by atoms with van der Waals surface area (Å²) in [7, 11) is 0. The second-order valence-electron chi connectivity index (χ2n) is 6.86. The van der Waals surface area contributed by atoms with E-state index >= 15 is 0 Å². The third kappa shape index (κ3) is 5.75. The molecule has 0 spiro atoms. The summed E-state index contributed by atoms with van der Waals surface area (Å²) in [5, 5.41) is 9.61. The number of Topliss-reactive ketones (excluding diaryl/α,β-unsaturated/α-hetero) is 2. The minimum absolute atomic E-state index is 0.0565. The third-order valence-corrected chi connectivity index (χ3v) is 6.27. The first-order valence-corrected chi connectivity index (χ1v) is 11.4. The van der Waals surface area contributed by atoms with Gasteiger partial charge in [-0.05, 0) is 87.0 Å². The highest BCUT2D eigenvalue weighted by molar-refractivity contribution is 14.1. The molecule has 30 heavy (non-hydrogen) atoms. The van der Waals surface area contributed by atoms with Gasteiger partial charge in [0.1, 0.15) is 0 Å². The van der Waals surface area contributed by atoms with Crippen molar-refractivity contribution in [3.63, 3.8) is 0 Å². The highest BCUT2D eigenvalue weighted by Gasteiger charge is 2.25. The molecule has 0 aliphatic carbocycles. The van der Waals surface area contributed by atoms with E-state index in [1.165, 1.54) is 6.07 Å². The average Bonchev–Trinajstić information content (AvgIpc) is 2.74. The molecule has 0 saturated heterocycles. The number of rotatable bonds is 8. The van der Waals surface area contributed by atoms with Gasteiger partial charge in [0.2, 0.25) is 0 Å². The summed E-state index contributed by atoms with van der Waals surface area (Å²) < 4.78 is 2.04. The number of halogens is 2. The number of aromatic carboxylic acids is 1. The van der Waals surface area contributed by atoms with Crippen LogP contribution in [0, 0.1) is 7.14 Å². The maximum atomic E-state index is 12.9. The minimum atomic E-state index is -1.07. The third-order valence-electron chi connectivity index (χ3n) is 4.83. The molecule has 0 radical (unpaired) electrons. The van der Waals surface area contributed by atoms with E-state index in [1.54, 1.807) is 42.5 Å². The second-order valence-corrected chi connectivity index (χ2v) is 9.35. The molecule has 6 heteroatoms. The van der Waals surface area contributed by atoms with E-state index in [2.05, 4.69) is 45.2 Å². The Morgan fingerprint density at radius 3 is 1.57 bits per heavy atom. The van der Waals surface area contributed by atoms with Crippen LogP contribution in [-0.2, 0) is 0 Å². The largest absolute Gasteiger partial charge is 0.478 e. The predicted octanol–water partition coefficient (Wildman–Crippen LogP) is 6.22. The zero-order valence-corrected chi connectivity index (χ0v) is 20.2. The van der Waals surface area contributed by atoms with Crippen molar-refractivity contribution in [1.82, 2.24) is 0 Å². The predicted molar refractivity (Wildman–Crippen MR) is 132 cm³/mol. The van der Waals surface area contributed by atoms with Crippen LogP contribution in [-0.4, -0.2) is 22.6 Å². The standard InChI is InChI=1S/C24H18I2O4/c25-18-9-5-15(6-10-18)22(27)13-17(20-3-1-2-4-21(20)24(29)30)14-23(28)16-7-11-19(26)12-8-16/h1-12,17H,13-14H2,(H,29,30). The lowest BCUT2D eigenvalue weighted by atomic mass is 9.84. The summed E-state index contributed by atoms with van der Waals surface area (Å²) in [6.45, 7) is 0. The van der Waals surface area contributed by atoms with Gasteiger partial charge in [0.05, 0.1) is 5.56 Å². The normalized spacial score (nSPS) is 10.8. The fourth-order valence-electron chi connectivity index (χ4n) is 3.29. The molecule has 0 aliphatic rings. The molecule has 0 fully saturated rings. The first-order valence-electron chi connectivity index (χ1n) is 9.25. The van der Waals surface area contributed by atoms with Crippen molar-refractivity contribution in [3.8, 4) is 0 Å².